The number of carbonyl (C=O) groups excluding carboxylic acids is 1. The highest BCUT2D eigenvalue weighted by Gasteiger charge is 2.50. The zero-order valence-corrected chi connectivity index (χ0v) is 12.9. The molecule has 3 atom stereocenters. The Balaban J connectivity index is 2.11. The maximum atomic E-state index is 12.1. The summed E-state index contributed by atoms with van der Waals surface area (Å²) in [7, 11) is 0. The number of Topliss-reactive ketones (excluding diaryl/α,β-unsaturated/α-hetero) is 1. The van der Waals surface area contributed by atoms with E-state index in [0.717, 1.165) is 5.56 Å². The molecule has 1 aliphatic heterocycles. The molecule has 0 spiro atoms. The SMILES string of the molecule is Cc1ccc([C@H](Br)[C@@H](Br)C(=O)[C@@]2(C)CO2)cc1. The highest BCUT2D eigenvalue weighted by molar-refractivity contribution is 9.12. The van der Waals surface area contributed by atoms with Gasteiger partial charge in [-0.2, -0.15) is 0 Å². The summed E-state index contributed by atoms with van der Waals surface area (Å²) < 4.78 is 5.18. The normalized spacial score (nSPS) is 26.4. The van der Waals surface area contributed by atoms with Crippen molar-refractivity contribution >= 4 is 37.6 Å². The second kappa shape index (κ2) is 4.82. The predicted octanol–water partition coefficient (Wildman–Crippen LogP) is 3.55. The summed E-state index contributed by atoms with van der Waals surface area (Å²) in [6, 6.07) is 8.16. The molecule has 0 aliphatic carbocycles. The molecule has 4 heteroatoms. The summed E-state index contributed by atoms with van der Waals surface area (Å²) in [5, 5.41) is 0. The van der Waals surface area contributed by atoms with Crippen molar-refractivity contribution in [2.75, 3.05) is 6.61 Å². The summed E-state index contributed by atoms with van der Waals surface area (Å²) in [5.41, 5.74) is 1.73. The molecule has 1 fully saturated rings. The van der Waals surface area contributed by atoms with Gasteiger partial charge >= 0.3 is 0 Å². The summed E-state index contributed by atoms with van der Waals surface area (Å²) >= 11 is 7.04. The third kappa shape index (κ3) is 2.80. The van der Waals surface area contributed by atoms with Crippen LogP contribution in [-0.4, -0.2) is 22.8 Å². The number of ether oxygens (including phenoxy) is 1. The third-order valence-electron chi connectivity index (χ3n) is 3.00. The molecule has 0 unspecified atom stereocenters. The number of carbonyl (C=O) groups is 1. The van der Waals surface area contributed by atoms with Crippen LogP contribution in [0.3, 0.4) is 0 Å². The van der Waals surface area contributed by atoms with Crippen LogP contribution in [0.1, 0.15) is 22.9 Å². The summed E-state index contributed by atoms with van der Waals surface area (Å²) in [6.45, 7) is 4.41. The summed E-state index contributed by atoms with van der Waals surface area (Å²) in [5.74, 6) is 0.0972. The molecule has 1 saturated heterocycles. The standard InChI is InChI=1S/C13H14Br2O2/c1-8-3-5-9(6-4-8)10(14)11(15)12(16)13(2)7-17-13/h3-6,10-11H,7H2,1-2H3/t10-,11+,13+/m0/s1. The van der Waals surface area contributed by atoms with Crippen molar-refractivity contribution in [2.24, 2.45) is 0 Å². The second-order valence-corrected chi connectivity index (χ2v) is 6.57. The average Bonchev–Trinajstić information content (AvgIpc) is 3.07. The maximum Gasteiger partial charge on any atom is 0.181 e. The Morgan fingerprint density at radius 3 is 2.35 bits per heavy atom. The van der Waals surface area contributed by atoms with Crippen molar-refractivity contribution in [1.82, 2.24) is 0 Å². The highest BCUT2D eigenvalue weighted by atomic mass is 79.9. The number of aryl methyl sites for hydroxylation is 1. The molecule has 0 radical (unpaired) electrons. The molecule has 17 heavy (non-hydrogen) atoms. The second-order valence-electron chi connectivity index (χ2n) is 4.60. The molecule has 2 nitrogen and oxygen atoms in total. The first-order chi connectivity index (χ1) is 7.94. The molecule has 1 aromatic rings. The van der Waals surface area contributed by atoms with Crippen LogP contribution in [0.25, 0.3) is 0 Å². The smallest absolute Gasteiger partial charge is 0.181 e. The fraction of sp³-hybridized carbons (Fsp3) is 0.462. The molecule has 92 valence electrons. The lowest BCUT2D eigenvalue weighted by atomic mass is 9.99. The molecule has 0 aromatic heterocycles. The predicted molar refractivity (Wildman–Crippen MR) is 74.9 cm³/mol. The summed E-state index contributed by atoms with van der Waals surface area (Å²) in [6.07, 6.45) is 0. The van der Waals surface area contributed by atoms with E-state index in [1.165, 1.54) is 5.56 Å². The van der Waals surface area contributed by atoms with Gasteiger partial charge in [-0.3, -0.25) is 4.79 Å². The van der Waals surface area contributed by atoms with Crippen molar-refractivity contribution in [3.63, 3.8) is 0 Å². The fourth-order valence-electron chi connectivity index (χ4n) is 1.59. The van der Waals surface area contributed by atoms with E-state index in [0.29, 0.717) is 6.61 Å². The average molecular weight is 362 g/mol. The lowest BCUT2D eigenvalue weighted by molar-refractivity contribution is -0.122. The Hall–Kier alpha value is -0.190. The molecule has 0 bridgehead atoms. The Kier molecular flexibility index (Phi) is 3.76. The Labute approximate surface area is 118 Å². The number of hydrogen-bond donors (Lipinski definition) is 0. The maximum absolute atomic E-state index is 12.1. The van der Waals surface area contributed by atoms with E-state index in [1.807, 2.05) is 38.1 Å². The molecule has 1 aliphatic rings. The largest absolute Gasteiger partial charge is 0.362 e. The lowest BCUT2D eigenvalue weighted by Gasteiger charge is -2.18. The Morgan fingerprint density at radius 1 is 1.35 bits per heavy atom. The fourth-order valence-corrected chi connectivity index (χ4v) is 2.93. The van der Waals surface area contributed by atoms with Crippen LogP contribution in [0.5, 0.6) is 0 Å². The van der Waals surface area contributed by atoms with E-state index in [4.69, 9.17) is 4.74 Å². The van der Waals surface area contributed by atoms with Gasteiger partial charge in [0.25, 0.3) is 0 Å². The highest BCUT2D eigenvalue weighted by Crippen LogP contribution is 2.38. The number of rotatable bonds is 4. The number of epoxide rings is 1. The van der Waals surface area contributed by atoms with E-state index < -0.39 is 5.60 Å². The minimum Gasteiger partial charge on any atom is -0.362 e. The molecule has 0 saturated carbocycles. The van der Waals surface area contributed by atoms with Gasteiger partial charge in [0.2, 0.25) is 0 Å². The molecular weight excluding hydrogens is 348 g/mol. The van der Waals surface area contributed by atoms with Crippen molar-refractivity contribution in [3.8, 4) is 0 Å². The van der Waals surface area contributed by atoms with Crippen LogP contribution in [0.2, 0.25) is 0 Å². The lowest BCUT2D eigenvalue weighted by Crippen LogP contribution is -2.31. The van der Waals surface area contributed by atoms with E-state index in [1.54, 1.807) is 0 Å². The Morgan fingerprint density at radius 2 is 1.88 bits per heavy atom. The van der Waals surface area contributed by atoms with Crippen LogP contribution >= 0.6 is 31.9 Å². The first kappa shape index (κ1) is 13.2. The van der Waals surface area contributed by atoms with E-state index in [9.17, 15) is 4.79 Å². The Bertz CT molecular complexity index is 424. The van der Waals surface area contributed by atoms with Crippen LogP contribution in [0.15, 0.2) is 24.3 Å². The summed E-state index contributed by atoms with van der Waals surface area (Å²) in [4.78, 5) is 11.8. The molecule has 1 heterocycles. The third-order valence-corrected chi connectivity index (χ3v) is 5.71. The van der Waals surface area contributed by atoms with Crippen LogP contribution in [-0.2, 0) is 9.53 Å². The van der Waals surface area contributed by atoms with Crippen molar-refractivity contribution in [3.05, 3.63) is 35.4 Å². The van der Waals surface area contributed by atoms with Gasteiger partial charge in [0.15, 0.2) is 5.78 Å². The van der Waals surface area contributed by atoms with Crippen LogP contribution in [0, 0.1) is 6.92 Å². The minimum absolute atomic E-state index is 0.0309. The van der Waals surface area contributed by atoms with Crippen LogP contribution < -0.4 is 0 Å². The van der Waals surface area contributed by atoms with Gasteiger partial charge in [-0.25, -0.2) is 0 Å². The van der Waals surface area contributed by atoms with Crippen molar-refractivity contribution < 1.29 is 9.53 Å². The van der Waals surface area contributed by atoms with Crippen LogP contribution in [0.4, 0.5) is 0 Å². The number of alkyl halides is 2. The molecular formula is C13H14Br2O2. The van der Waals surface area contributed by atoms with Gasteiger partial charge in [0.05, 0.1) is 16.3 Å². The quantitative estimate of drug-likeness (QED) is 0.606. The van der Waals surface area contributed by atoms with E-state index in [2.05, 4.69) is 31.9 Å². The number of hydrogen-bond acceptors (Lipinski definition) is 2. The van der Waals surface area contributed by atoms with Gasteiger partial charge in [-0.1, -0.05) is 61.7 Å². The topological polar surface area (TPSA) is 29.6 Å². The van der Waals surface area contributed by atoms with Gasteiger partial charge in [0, 0.05) is 0 Å². The van der Waals surface area contributed by atoms with E-state index in [-0.39, 0.29) is 15.4 Å². The van der Waals surface area contributed by atoms with Crippen molar-refractivity contribution in [1.29, 1.82) is 0 Å². The first-order valence-corrected chi connectivity index (χ1v) is 7.30. The van der Waals surface area contributed by atoms with Crippen molar-refractivity contribution in [2.45, 2.75) is 29.1 Å². The number of benzene rings is 1. The molecule has 0 amide bonds. The zero-order chi connectivity index (χ0) is 12.6. The first-order valence-electron chi connectivity index (χ1n) is 5.47. The number of halogens is 2. The van der Waals surface area contributed by atoms with Gasteiger partial charge in [-0.05, 0) is 19.4 Å². The number of ketones is 1. The molecule has 1 aromatic carbocycles. The zero-order valence-electron chi connectivity index (χ0n) is 9.74. The molecule has 0 N–H and O–H groups in total. The molecule has 2 rings (SSSR count). The van der Waals surface area contributed by atoms with Gasteiger partial charge in [-0.15, -0.1) is 0 Å². The monoisotopic (exact) mass is 360 g/mol. The van der Waals surface area contributed by atoms with Gasteiger partial charge in [0.1, 0.15) is 5.60 Å². The minimum atomic E-state index is -0.578. The van der Waals surface area contributed by atoms with E-state index >= 15 is 0 Å². The van der Waals surface area contributed by atoms with Gasteiger partial charge < -0.3 is 4.74 Å².